The van der Waals surface area contributed by atoms with Crippen molar-refractivity contribution < 1.29 is 0 Å². The number of hydrogen-bond acceptors (Lipinski definition) is 2. The molecule has 2 rings (SSSR count). The third-order valence-electron chi connectivity index (χ3n) is 3.84. The average molecular weight is 342 g/mol. The van der Waals surface area contributed by atoms with E-state index in [1.807, 2.05) is 6.07 Å². The number of rotatable bonds is 9. The van der Waals surface area contributed by atoms with Gasteiger partial charge in [-0.2, -0.15) is 0 Å². The summed E-state index contributed by atoms with van der Waals surface area (Å²) in [6.07, 6.45) is 2.06. The van der Waals surface area contributed by atoms with Gasteiger partial charge in [0.15, 0.2) is 5.11 Å². The van der Waals surface area contributed by atoms with Crippen molar-refractivity contribution in [2.45, 2.75) is 19.4 Å². The SMILES string of the molecule is CN(CCCNC(=S)NCCc1ccccc1)Cc1ccccc1. The van der Waals surface area contributed by atoms with E-state index in [0.29, 0.717) is 0 Å². The van der Waals surface area contributed by atoms with Gasteiger partial charge in [0.1, 0.15) is 0 Å². The van der Waals surface area contributed by atoms with E-state index in [-0.39, 0.29) is 0 Å². The quantitative estimate of drug-likeness (QED) is 0.541. The normalized spacial score (nSPS) is 10.6. The molecule has 2 aromatic rings. The van der Waals surface area contributed by atoms with E-state index in [2.05, 4.69) is 77.2 Å². The van der Waals surface area contributed by atoms with Crippen LogP contribution in [0.1, 0.15) is 17.5 Å². The van der Waals surface area contributed by atoms with Gasteiger partial charge in [0, 0.05) is 19.6 Å². The summed E-state index contributed by atoms with van der Waals surface area (Å²) in [7, 11) is 2.16. The van der Waals surface area contributed by atoms with Gasteiger partial charge in [0.05, 0.1) is 0 Å². The third kappa shape index (κ3) is 7.57. The molecule has 0 amide bonds. The molecule has 0 radical (unpaired) electrons. The third-order valence-corrected chi connectivity index (χ3v) is 4.13. The molecule has 4 heteroatoms. The van der Waals surface area contributed by atoms with Crippen LogP contribution >= 0.6 is 12.2 Å². The van der Waals surface area contributed by atoms with Crippen LogP contribution < -0.4 is 10.6 Å². The Labute approximate surface area is 151 Å². The molecule has 0 aliphatic heterocycles. The van der Waals surface area contributed by atoms with Crippen LogP contribution in [-0.2, 0) is 13.0 Å². The second-order valence-electron chi connectivity index (χ2n) is 6.00. The first-order valence-electron chi connectivity index (χ1n) is 8.52. The smallest absolute Gasteiger partial charge is 0.166 e. The number of hydrogen-bond donors (Lipinski definition) is 2. The summed E-state index contributed by atoms with van der Waals surface area (Å²) in [5.41, 5.74) is 2.68. The highest BCUT2D eigenvalue weighted by Gasteiger charge is 2.00. The van der Waals surface area contributed by atoms with Crippen molar-refractivity contribution in [3.63, 3.8) is 0 Å². The van der Waals surface area contributed by atoms with Crippen molar-refractivity contribution >= 4 is 17.3 Å². The first-order chi connectivity index (χ1) is 11.7. The molecule has 2 N–H and O–H groups in total. The van der Waals surface area contributed by atoms with Crippen LogP contribution in [0.3, 0.4) is 0 Å². The van der Waals surface area contributed by atoms with Crippen LogP contribution in [0, 0.1) is 0 Å². The molecule has 128 valence electrons. The maximum absolute atomic E-state index is 5.32. The number of nitrogens with zero attached hydrogens (tertiary/aromatic N) is 1. The van der Waals surface area contributed by atoms with Gasteiger partial charge in [-0.25, -0.2) is 0 Å². The molecule has 0 bridgehead atoms. The molecule has 0 fully saturated rings. The maximum Gasteiger partial charge on any atom is 0.166 e. The van der Waals surface area contributed by atoms with Crippen molar-refractivity contribution in [3.8, 4) is 0 Å². The molecule has 2 aromatic carbocycles. The summed E-state index contributed by atoms with van der Waals surface area (Å²) in [4.78, 5) is 2.34. The lowest BCUT2D eigenvalue weighted by atomic mass is 10.1. The Bertz CT molecular complexity index is 586. The highest BCUT2D eigenvalue weighted by molar-refractivity contribution is 7.80. The van der Waals surface area contributed by atoms with E-state index in [9.17, 15) is 0 Å². The van der Waals surface area contributed by atoms with E-state index in [1.54, 1.807) is 0 Å². The van der Waals surface area contributed by atoms with Crippen molar-refractivity contribution in [2.75, 3.05) is 26.7 Å². The molecule has 0 aliphatic carbocycles. The van der Waals surface area contributed by atoms with Gasteiger partial charge in [-0.1, -0.05) is 60.7 Å². The van der Waals surface area contributed by atoms with E-state index < -0.39 is 0 Å². The summed E-state index contributed by atoms with van der Waals surface area (Å²) >= 11 is 5.32. The second-order valence-corrected chi connectivity index (χ2v) is 6.40. The molecule has 0 atom stereocenters. The van der Waals surface area contributed by atoms with E-state index in [1.165, 1.54) is 11.1 Å². The summed E-state index contributed by atoms with van der Waals surface area (Å²) in [5.74, 6) is 0. The summed E-state index contributed by atoms with van der Waals surface area (Å²) in [5, 5.41) is 7.29. The fraction of sp³-hybridized carbons (Fsp3) is 0.350. The Balaban J connectivity index is 1.51. The summed E-state index contributed by atoms with van der Waals surface area (Å²) in [6, 6.07) is 21.0. The summed E-state index contributed by atoms with van der Waals surface area (Å²) < 4.78 is 0. The molecule has 0 aromatic heterocycles. The zero-order chi connectivity index (χ0) is 17.0. The topological polar surface area (TPSA) is 27.3 Å². The van der Waals surface area contributed by atoms with Gasteiger partial charge < -0.3 is 15.5 Å². The minimum Gasteiger partial charge on any atom is -0.363 e. The van der Waals surface area contributed by atoms with Crippen molar-refractivity contribution in [2.24, 2.45) is 0 Å². The molecule has 0 saturated carbocycles. The van der Waals surface area contributed by atoms with Gasteiger partial charge in [-0.15, -0.1) is 0 Å². The van der Waals surface area contributed by atoms with Crippen LogP contribution in [0.2, 0.25) is 0 Å². The minimum atomic E-state index is 0.747. The molecular formula is C20H27N3S. The van der Waals surface area contributed by atoms with E-state index in [4.69, 9.17) is 12.2 Å². The zero-order valence-electron chi connectivity index (χ0n) is 14.4. The molecule has 24 heavy (non-hydrogen) atoms. The van der Waals surface area contributed by atoms with Crippen LogP contribution in [-0.4, -0.2) is 36.7 Å². The minimum absolute atomic E-state index is 0.747. The van der Waals surface area contributed by atoms with Crippen LogP contribution in [0.15, 0.2) is 60.7 Å². The van der Waals surface area contributed by atoms with Crippen LogP contribution in [0.4, 0.5) is 0 Å². The number of benzene rings is 2. The predicted octanol–water partition coefficient (Wildman–Crippen LogP) is 3.22. The lowest BCUT2D eigenvalue weighted by molar-refractivity contribution is 0.322. The fourth-order valence-corrected chi connectivity index (χ4v) is 2.76. The maximum atomic E-state index is 5.32. The average Bonchev–Trinajstić information content (AvgIpc) is 2.60. The van der Waals surface area contributed by atoms with Crippen molar-refractivity contribution in [1.82, 2.24) is 15.5 Å². The van der Waals surface area contributed by atoms with Gasteiger partial charge in [-0.05, 0) is 49.8 Å². The van der Waals surface area contributed by atoms with E-state index in [0.717, 1.165) is 44.1 Å². The lowest BCUT2D eigenvalue weighted by Crippen LogP contribution is -2.37. The standard InChI is InChI=1S/C20H27N3S/c1-23(17-19-11-6-3-7-12-19)16-8-14-21-20(24)22-15-13-18-9-4-2-5-10-18/h2-7,9-12H,8,13-17H2,1H3,(H2,21,22,24). The Morgan fingerprint density at radius 2 is 1.46 bits per heavy atom. The molecule has 0 spiro atoms. The fourth-order valence-electron chi connectivity index (χ4n) is 2.55. The van der Waals surface area contributed by atoms with Crippen molar-refractivity contribution in [1.29, 1.82) is 0 Å². The van der Waals surface area contributed by atoms with Gasteiger partial charge >= 0.3 is 0 Å². The predicted molar refractivity (Wildman–Crippen MR) is 106 cm³/mol. The first kappa shape index (κ1) is 18.4. The number of thiocarbonyl (C=S) groups is 1. The Kier molecular flexibility index (Phi) is 8.28. The molecular weight excluding hydrogens is 314 g/mol. The largest absolute Gasteiger partial charge is 0.363 e. The zero-order valence-corrected chi connectivity index (χ0v) is 15.2. The molecule has 3 nitrogen and oxygen atoms in total. The number of nitrogens with one attached hydrogen (secondary N) is 2. The van der Waals surface area contributed by atoms with Gasteiger partial charge in [-0.3, -0.25) is 0 Å². The highest BCUT2D eigenvalue weighted by atomic mass is 32.1. The molecule has 0 heterocycles. The Hall–Kier alpha value is -1.91. The molecule has 0 saturated heterocycles. The Morgan fingerprint density at radius 3 is 2.12 bits per heavy atom. The van der Waals surface area contributed by atoms with Crippen LogP contribution in [0.5, 0.6) is 0 Å². The monoisotopic (exact) mass is 341 g/mol. The van der Waals surface area contributed by atoms with E-state index >= 15 is 0 Å². The highest BCUT2D eigenvalue weighted by Crippen LogP contribution is 2.02. The van der Waals surface area contributed by atoms with Gasteiger partial charge in [0.25, 0.3) is 0 Å². The van der Waals surface area contributed by atoms with Gasteiger partial charge in [0.2, 0.25) is 0 Å². The summed E-state index contributed by atoms with van der Waals surface area (Å²) in [6.45, 7) is 3.80. The van der Waals surface area contributed by atoms with Crippen LogP contribution in [0.25, 0.3) is 0 Å². The molecule has 0 unspecified atom stereocenters. The second kappa shape index (κ2) is 10.8. The first-order valence-corrected chi connectivity index (χ1v) is 8.93. The van der Waals surface area contributed by atoms with Crippen molar-refractivity contribution in [3.05, 3.63) is 71.8 Å². The lowest BCUT2D eigenvalue weighted by Gasteiger charge is -2.17. The molecule has 0 aliphatic rings. The Morgan fingerprint density at radius 1 is 0.875 bits per heavy atom.